The maximum absolute atomic E-state index is 12.9. The third-order valence-corrected chi connectivity index (χ3v) is 3.09. The Labute approximate surface area is 123 Å². The van der Waals surface area contributed by atoms with E-state index < -0.39 is 0 Å². The van der Waals surface area contributed by atoms with E-state index in [1.165, 1.54) is 12.1 Å². The lowest BCUT2D eigenvalue weighted by molar-refractivity contribution is -0.117. The van der Waals surface area contributed by atoms with Crippen molar-refractivity contribution in [2.75, 3.05) is 11.4 Å². The average Bonchev–Trinajstić information content (AvgIpc) is 2.68. The van der Waals surface area contributed by atoms with E-state index in [0.717, 1.165) is 0 Å². The predicted octanol–water partition coefficient (Wildman–Crippen LogP) is 2.03. The van der Waals surface area contributed by atoms with E-state index in [-0.39, 0.29) is 35.8 Å². The van der Waals surface area contributed by atoms with Crippen LogP contribution in [0.2, 0.25) is 0 Å². The first kappa shape index (κ1) is 15.3. The summed E-state index contributed by atoms with van der Waals surface area (Å²) in [5, 5.41) is 5.58. The van der Waals surface area contributed by atoms with Crippen molar-refractivity contribution in [3.05, 3.63) is 30.1 Å². The van der Waals surface area contributed by atoms with Gasteiger partial charge in [0.15, 0.2) is 0 Å². The average molecular weight is 293 g/mol. The molecule has 0 aliphatic carbocycles. The molecule has 0 aromatic heterocycles. The molecule has 114 valence electrons. The molecule has 0 bridgehead atoms. The number of hydrogen-bond donors (Lipinski definition) is 2. The normalized spacial score (nSPS) is 18.8. The summed E-state index contributed by atoms with van der Waals surface area (Å²) in [6.07, 6.45) is 0.245. The highest BCUT2D eigenvalue weighted by atomic mass is 19.1. The zero-order valence-electron chi connectivity index (χ0n) is 12.4. The number of nitrogens with one attached hydrogen (secondary N) is 2. The van der Waals surface area contributed by atoms with Crippen molar-refractivity contribution in [3.8, 4) is 0 Å². The Morgan fingerprint density at radius 3 is 2.48 bits per heavy atom. The van der Waals surface area contributed by atoms with Crippen molar-refractivity contribution in [1.82, 2.24) is 10.6 Å². The van der Waals surface area contributed by atoms with Gasteiger partial charge in [-0.1, -0.05) is 0 Å². The molecule has 2 N–H and O–H groups in total. The first-order chi connectivity index (χ1) is 9.74. The Kier molecular flexibility index (Phi) is 4.16. The van der Waals surface area contributed by atoms with Crippen molar-refractivity contribution in [3.63, 3.8) is 0 Å². The van der Waals surface area contributed by atoms with Gasteiger partial charge in [0.2, 0.25) is 5.91 Å². The third kappa shape index (κ3) is 4.18. The summed E-state index contributed by atoms with van der Waals surface area (Å²) in [6, 6.07) is 5.22. The molecule has 0 unspecified atom stereocenters. The monoisotopic (exact) mass is 293 g/mol. The topological polar surface area (TPSA) is 61.4 Å². The smallest absolute Gasteiger partial charge is 0.315 e. The second-order valence-electron chi connectivity index (χ2n) is 6.23. The van der Waals surface area contributed by atoms with E-state index in [2.05, 4.69) is 10.6 Å². The molecule has 1 aromatic carbocycles. The highest BCUT2D eigenvalue weighted by Gasteiger charge is 2.32. The summed E-state index contributed by atoms with van der Waals surface area (Å²) in [6.45, 7) is 6.05. The minimum Gasteiger partial charge on any atom is -0.334 e. The summed E-state index contributed by atoms with van der Waals surface area (Å²) in [4.78, 5) is 25.4. The number of nitrogens with zero attached hydrogens (tertiary/aromatic N) is 1. The fourth-order valence-corrected chi connectivity index (χ4v) is 2.24. The van der Waals surface area contributed by atoms with Crippen molar-refractivity contribution in [2.24, 2.45) is 0 Å². The molecule has 1 aromatic rings. The van der Waals surface area contributed by atoms with E-state index in [9.17, 15) is 14.0 Å². The molecule has 1 saturated heterocycles. The van der Waals surface area contributed by atoms with Crippen LogP contribution in [0.1, 0.15) is 27.2 Å². The van der Waals surface area contributed by atoms with Crippen LogP contribution in [-0.4, -0.2) is 30.1 Å². The molecule has 1 aliphatic heterocycles. The zero-order chi connectivity index (χ0) is 15.6. The molecule has 5 nitrogen and oxygen atoms in total. The Morgan fingerprint density at radius 2 is 1.90 bits per heavy atom. The van der Waals surface area contributed by atoms with Crippen molar-refractivity contribution < 1.29 is 14.0 Å². The van der Waals surface area contributed by atoms with Gasteiger partial charge in [0.1, 0.15) is 5.82 Å². The molecule has 3 amide bonds. The molecule has 21 heavy (non-hydrogen) atoms. The van der Waals surface area contributed by atoms with E-state index in [1.807, 2.05) is 20.8 Å². The number of urea groups is 1. The van der Waals surface area contributed by atoms with E-state index in [4.69, 9.17) is 0 Å². The Bertz CT molecular complexity index is 537. The first-order valence-electron chi connectivity index (χ1n) is 6.89. The van der Waals surface area contributed by atoms with Gasteiger partial charge in [-0.05, 0) is 45.0 Å². The Hall–Kier alpha value is -2.11. The van der Waals surface area contributed by atoms with Crippen LogP contribution in [0.25, 0.3) is 0 Å². The number of carbonyl (C=O) groups is 2. The first-order valence-corrected chi connectivity index (χ1v) is 6.89. The predicted molar refractivity (Wildman–Crippen MR) is 78.6 cm³/mol. The molecule has 2 rings (SSSR count). The number of carbonyl (C=O) groups excluding carboxylic acids is 2. The van der Waals surface area contributed by atoms with Gasteiger partial charge in [-0.2, -0.15) is 0 Å². The standard InChI is InChI=1S/C15H20FN3O2/c1-15(2,3)18-14(21)17-11-8-13(20)19(9-11)12-6-4-10(16)5-7-12/h4-7,11H,8-9H2,1-3H3,(H2,17,18,21)/t11-/m1/s1. The van der Waals surface area contributed by atoms with E-state index >= 15 is 0 Å². The molecule has 1 heterocycles. The van der Waals surface area contributed by atoms with Gasteiger partial charge >= 0.3 is 6.03 Å². The third-order valence-electron chi connectivity index (χ3n) is 3.09. The lowest BCUT2D eigenvalue weighted by Crippen LogP contribution is -2.50. The second-order valence-corrected chi connectivity index (χ2v) is 6.23. The van der Waals surface area contributed by atoms with E-state index in [0.29, 0.717) is 12.2 Å². The minimum absolute atomic E-state index is 0.0809. The summed E-state index contributed by atoms with van der Waals surface area (Å²) in [5.74, 6) is -0.424. The van der Waals surface area contributed by atoms with Crippen LogP contribution >= 0.6 is 0 Å². The molecule has 0 radical (unpaired) electrons. The number of anilines is 1. The lowest BCUT2D eigenvalue weighted by atomic mass is 10.1. The van der Waals surface area contributed by atoms with Gasteiger partial charge in [-0.25, -0.2) is 9.18 Å². The molecule has 0 spiro atoms. The van der Waals surface area contributed by atoms with Gasteiger partial charge in [0, 0.05) is 24.2 Å². The van der Waals surface area contributed by atoms with Crippen LogP contribution in [-0.2, 0) is 4.79 Å². The molecule has 6 heteroatoms. The van der Waals surface area contributed by atoms with Crippen molar-refractivity contribution >= 4 is 17.6 Å². The van der Waals surface area contributed by atoms with Crippen LogP contribution in [0, 0.1) is 5.82 Å². The maximum atomic E-state index is 12.9. The van der Waals surface area contributed by atoms with E-state index in [1.54, 1.807) is 17.0 Å². The van der Waals surface area contributed by atoms with Crippen LogP contribution in [0.15, 0.2) is 24.3 Å². The number of hydrogen-bond acceptors (Lipinski definition) is 2. The zero-order valence-corrected chi connectivity index (χ0v) is 12.4. The highest BCUT2D eigenvalue weighted by Crippen LogP contribution is 2.21. The lowest BCUT2D eigenvalue weighted by Gasteiger charge is -2.22. The SMILES string of the molecule is CC(C)(C)NC(=O)N[C@@H]1CC(=O)N(c2ccc(F)cc2)C1. The van der Waals surface area contributed by atoms with Crippen LogP contribution in [0.4, 0.5) is 14.9 Å². The van der Waals surface area contributed by atoms with Crippen LogP contribution in [0.3, 0.4) is 0 Å². The van der Waals surface area contributed by atoms with Gasteiger partial charge in [0.25, 0.3) is 0 Å². The molecule has 1 atom stereocenters. The van der Waals surface area contributed by atoms with Crippen LogP contribution in [0.5, 0.6) is 0 Å². The molecule has 0 saturated carbocycles. The minimum atomic E-state index is -0.343. The number of amides is 3. The Balaban J connectivity index is 1.96. The summed E-state index contributed by atoms with van der Waals surface area (Å²) < 4.78 is 12.9. The fourth-order valence-electron chi connectivity index (χ4n) is 2.24. The van der Waals surface area contributed by atoms with Gasteiger partial charge in [-0.3, -0.25) is 4.79 Å². The summed E-state index contributed by atoms with van der Waals surface area (Å²) >= 11 is 0. The Morgan fingerprint density at radius 1 is 1.29 bits per heavy atom. The summed E-state index contributed by atoms with van der Waals surface area (Å²) in [5.41, 5.74) is 0.311. The van der Waals surface area contributed by atoms with Crippen molar-refractivity contribution in [2.45, 2.75) is 38.8 Å². The number of benzene rings is 1. The molecule has 1 aliphatic rings. The quantitative estimate of drug-likeness (QED) is 0.876. The molecular formula is C15H20FN3O2. The number of halogens is 1. The van der Waals surface area contributed by atoms with Gasteiger partial charge < -0.3 is 15.5 Å². The van der Waals surface area contributed by atoms with Gasteiger partial charge in [-0.15, -0.1) is 0 Å². The fraction of sp³-hybridized carbons (Fsp3) is 0.467. The summed E-state index contributed by atoms with van der Waals surface area (Å²) in [7, 11) is 0. The van der Waals surface area contributed by atoms with Crippen molar-refractivity contribution in [1.29, 1.82) is 0 Å². The maximum Gasteiger partial charge on any atom is 0.315 e. The largest absolute Gasteiger partial charge is 0.334 e. The highest BCUT2D eigenvalue weighted by molar-refractivity contribution is 5.96. The van der Waals surface area contributed by atoms with Gasteiger partial charge in [0.05, 0.1) is 6.04 Å². The van der Waals surface area contributed by atoms with Crippen LogP contribution < -0.4 is 15.5 Å². The molecule has 1 fully saturated rings. The number of rotatable bonds is 2. The second kappa shape index (κ2) is 5.71. The molecular weight excluding hydrogens is 273 g/mol.